The summed E-state index contributed by atoms with van der Waals surface area (Å²) in [6, 6.07) is 7.07. The van der Waals surface area contributed by atoms with E-state index in [1.165, 1.54) is 0 Å². The molecule has 0 aliphatic rings. The van der Waals surface area contributed by atoms with E-state index in [2.05, 4.69) is 20.9 Å². The fourth-order valence-corrected chi connectivity index (χ4v) is 2.62. The van der Waals surface area contributed by atoms with Crippen molar-refractivity contribution in [3.63, 3.8) is 0 Å². The molecule has 1 aromatic heterocycles. The van der Waals surface area contributed by atoms with Crippen molar-refractivity contribution in [3.8, 4) is 0 Å². The van der Waals surface area contributed by atoms with Gasteiger partial charge in [0.05, 0.1) is 4.88 Å². The van der Waals surface area contributed by atoms with Gasteiger partial charge in [-0.2, -0.15) is 13.2 Å². The Morgan fingerprint density at radius 2 is 2.11 bits per heavy atom. The number of alkyl halides is 3. The number of rotatable bonds is 3. The molecule has 0 atom stereocenters. The molecule has 1 heterocycles. The van der Waals surface area contributed by atoms with Crippen LogP contribution in [-0.2, 0) is 12.6 Å². The highest BCUT2D eigenvalue weighted by molar-refractivity contribution is 9.10. The highest BCUT2D eigenvalue weighted by Gasteiger charge is 2.35. The smallest absolute Gasteiger partial charge is 0.293 e. The molecule has 0 spiro atoms. The molecule has 0 bridgehead atoms. The molecule has 19 heavy (non-hydrogen) atoms. The van der Waals surface area contributed by atoms with Crippen molar-refractivity contribution in [1.82, 2.24) is 4.98 Å². The van der Waals surface area contributed by atoms with Crippen LogP contribution in [0.2, 0.25) is 0 Å². The molecule has 1 aromatic carbocycles. The van der Waals surface area contributed by atoms with Crippen molar-refractivity contribution in [2.45, 2.75) is 12.6 Å². The van der Waals surface area contributed by atoms with E-state index < -0.39 is 11.2 Å². The number of halogens is 4. The van der Waals surface area contributed by atoms with Crippen LogP contribution in [0.4, 0.5) is 13.2 Å². The van der Waals surface area contributed by atoms with Gasteiger partial charge in [0.25, 0.3) is 0 Å². The number of hydrogen-bond donors (Lipinski definition) is 0. The largest absolute Gasteiger partial charge is 0.443 e. The predicted molar refractivity (Wildman–Crippen MR) is 69.3 cm³/mol. The normalized spacial score (nSPS) is 11.6. The molecular weight excluding hydrogens is 343 g/mol. The van der Waals surface area contributed by atoms with Gasteiger partial charge in [-0.1, -0.05) is 28.1 Å². The molecule has 7 heteroatoms. The van der Waals surface area contributed by atoms with Crippen LogP contribution in [0.15, 0.2) is 34.9 Å². The van der Waals surface area contributed by atoms with Crippen LogP contribution >= 0.6 is 27.3 Å². The molecular formula is C12H7BrF3NOS. The SMILES string of the molecule is O=C(Cc1cccc(Br)c1)c1cnc(C(F)(F)F)s1. The van der Waals surface area contributed by atoms with Gasteiger partial charge in [-0.15, -0.1) is 11.3 Å². The number of hydrogen-bond acceptors (Lipinski definition) is 3. The van der Waals surface area contributed by atoms with Crippen molar-refractivity contribution in [2.75, 3.05) is 0 Å². The summed E-state index contributed by atoms with van der Waals surface area (Å²) in [5.74, 6) is -0.369. The Morgan fingerprint density at radius 1 is 1.37 bits per heavy atom. The maximum Gasteiger partial charge on any atom is 0.443 e. The minimum Gasteiger partial charge on any atom is -0.293 e. The number of nitrogens with zero attached hydrogens (tertiary/aromatic N) is 1. The standard InChI is InChI=1S/C12H7BrF3NOS/c13-8-3-1-2-7(4-8)5-9(18)10-6-17-11(19-10)12(14,15)16/h1-4,6H,5H2. The quantitative estimate of drug-likeness (QED) is 0.771. The summed E-state index contributed by atoms with van der Waals surface area (Å²) in [7, 11) is 0. The van der Waals surface area contributed by atoms with E-state index in [0.717, 1.165) is 16.2 Å². The fraction of sp³-hybridized carbons (Fsp3) is 0.167. The second-order valence-corrected chi connectivity index (χ2v) is 5.70. The van der Waals surface area contributed by atoms with Crippen molar-refractivity contribution in [3.05, 3.63) is 50.4 Å². The van der Waals surface area contributed by atoms with Gasteiger partial charge in [0.15, 0.2) is 10.8 Å². The third-order valence-corrected chi connectivity index (χ3v) is 3.85. The Kier molecular flexibility index (Phi) is 4.05. The lowest BCUT2D eigenvalue weighted by atomic mass is 10.1. The zero-order valence-electron chi connectivity index (χ0n) is 9.37. The van der Waals surface area contributed by atoms with Gasteiger partial charge in [0.2, 0.25) is 0 Å². The second-order valence-electron chi connectivity index (χ2n) is 3.76. The number of thiazole rings is 1. The third-order valence-electron chi connectivity index (χ3n) is 2.28. The summed E-state index contributed by atoms with van der Waals surface area (Å²) in [6.07, 6.45) is -3.47. The predicted octanol–water partition coefficient (Wildman–Crippen LogP) is 4.35. The zero-order chi connectivity index (χ0) is 14.0. The molecule has 0 unspecified atom stereocenters. The van der Waals surface area contributed by atoms with Crippen molar-refractivity contribution in [2.24, 2.45) is 0 Å². The Morgan fingerprint density at radius 3 is 2.68 bits per heavy atom. The van der Waals surface area contributed by atoms with Crippen LogP contribution in [-0.4, -0.2) is 10.8 Å². The lowest BCUT2D eigenvalue weighted by molar-refractivity contribution is -0.137. The number of carbonyl (C=O) groups excluding carboxylic acids is 1. The fourth-order valence-electron chi connectivity index (χ4n) is 1.45. The van der Waals surface area contributed by atoms with Gasteiger partial charge in [0, 0.05) is 17.1 Å². The van der Waals surface area contributed by atoms with Gasteiger partial charge in [0.1, 0.15) is 0 Å². The van der Waals surface area contributed by atoms with Crippen LogP contribution in [0.5, 0.6) is 0 Å². The molecule has 0 amide bonds. The average Bonchev–Trinajstić information content (AvgIpc) is 2.77. The molecule has 100 valence electrons. The number of ketones is 1. The number of benzene rings is 1. The Labute approximate surface area is 119 Å². The zero-order valence-corrected chi connectivity index (χ0v) is 11.8. The van der Waals surface area contributed by atoms with Crippen LogP contribution in [0.25, 0.3) is 0 Å². The van der Waals surface area contributed by atoms with Crippen LogP contribution in [0, 0.1) is 0 Å². The minimum atomic E-state index is -4.50. The Bertz CT molecular complexity index is 609. The maximum atomic E-state index is 12.4. The number of aromatic nitrogens is 1. The van der Waals surface area contributed by atoms with E-state index in [-0.39, 0.29) is 17.1 Å². The van der Waals surface area contributed by atoms with E-state index in [1.54, 1.807) is 18.2 Å². The van der Waals surface area contributed by atoms with Crippen LogP contribution in [0.1, 0.15) is 20.2 Å². The number of Topliss-reactive ketones (excluding diaryl/α,β-unsaturated/α-hetero) is 1. The summed E-state index contributed by atoms with van der Waals surface area (Å²) in [4.78, 5) is 15.1. The summed E-state index contributed by atoms with van der Waals surface area (Å²) in [5, 5.41) is -0.995. The minimum absolute atomic E-state index is 0.0206. The first kappa shape index (κ1) is 14.2. The van der Waals surface area contributed by atoms with Gasteiger partial charge in [-0.25, -0.2) is 4.98 Å². The molecule has 2 rings (SSSR count). The first-order valence-corrected chi connectivity index (χ1v) is 6.78. The molecule has 0 N–H and O–H groups in total. The topological polar surface area (TPSA) is 30.0 Å². The molecule has 0 fully saturated rings. The van der Waals surface area contributed by atoms with E-state index in [9.17, 15) is 18.0 Å². The summed E-state index contributed by atoms with van der Waals surface area (Å²) < 4.78 is 37.9. The Hall–Kier alpha value is -1.21. The first-order chi connectivity index (χ1) is 8.86. The highest BCUT2D eigenvalue weighted by atomic mass is 79.9. The first-order valence-electron chi connectivity index (χ1n) is 5.17. The molecule has 0 aliphatic heterocycles. The van der Waals surface area contributed by atoms with E-state index in [4.69, 9.17) is 0 Å². The summed E-state index contributed by atoms with van der Waals surface area (Å²) in [6.45, 7) is 0. The van der Waals surface area contributed by atoms with Gasteiger partial charge in [-0.05, 0) is 17.7 Å². The number of carbonyl (C=O) groups is 1. The molecule has 0 aliphatic carbocycles. The Balaban J connectivity index is 2.14. The molecule has 0 saturated carbocycles. The van der Waals surface area contributed by atoms with Crippen molar-refractivity contribution >= 4 is 33.0 Å². The van der Waals surface area contributed by atoms with E-state index in [1.807, 2.05) is 6.07 Å². The highest BCUT2D eigenvalue weighted by Crippen LogP contribution is 2.32. The van der Waals surface area contributed by atoms with E-state index in [0.29, 0.717) is 11.3 Å². The van der Waals surface area contributed by atoms with Gasteiger partial charge < -0.3 is 0 Å². The van der Waals surface area contributed by atoms with Crippen LogP contribution < -0.4 is 0 Å². The lowest BCUT2D eigenvalue weighted by Gasteiger charge is -2.00. The van der Waals surface area contributed by atoms with Crippen molar-refractivity contribution < 1.29 is 18.0 Å². The van der Waals surface area contributed by atoms with Crippen LogP contribution in [0.3, 0.4) is 0 Å². The van der Waals surface area contributed by atoms with Gasteiger partial charge >= 0.3 is 6.18 Å². The molecule has 0 saturated heterocycles. The van der Waals surface area contributed by atoms with Gasteiger partial charge in [-0.3, -0.25) is 4.79 Å². The molecule has 2 aromatic rings. The molecule has 0 radical (unpaired) electrons. The summed E-state index contributed by atoms with van der Waals surface area (Å²) >= 11 is 3.64. The molecule has 2 nitrogen and oxygen atoms in total. The average molecular weight is 350 g/mol. The van der Waals surface area contributed by atoms with E-state index >= 15 is 0 Å². The second kappa shape index (κ2) is 5.42. The third kappa shape index (κ3) is 3.63. The monoisotopic (exact) mass is 349 g/mol. The summed E-state index contributed by atoms with van der Waals surface area (Å²) in [5.41, 5.74) is 0.737. The maximum absolute atomic E-state index is 12.4. The lowest BCUT2D eigenvalue weighted by Crippen LogP contribution is -2.03. The van der Waals surface area contributed by atoms with Crippen molar-refractivity contribution in [1.29, 1.82) is 0 Å².